The van der Waals surface area contributed by atoms with Crippen LogP contribution >= 0.6 is 0 Å². The van der Waals surface area contributed by atoms with E-state index < -0.39 is 0 Å². The molecule has 0 radical (unpaired) electrons. The van der Waals surface area contributed by atoms with Crippen molar-refractivity contribution < 1.29 is 9.13 Å². The summed E-state index contributed by atoms with van der Waals surface area (Å²) >= 11 is 0. The van der Waals surface area contributed by atoms with Crippen molar-refractivity contribution in [1.82, 2.24) is 5.32 Å². The highest BCUT2D eigenvalue weighted by molar-refractivity contribution is 5.78. The van der Waals surface area contributed by atoms with E-state index in [1.54, 1.807) is 6.07 Å². The predicted molar refractivity (Wildman–Crippen MR) is 106 cm³/mol. The largest absolute Gasteiger partial charge is 0.378 e. The first kappa shape index (κ1) is 20.5. The topological polar surface area (TPSA) is 62.9 Å². The van der Waals surface area contributed by atoms with Gasteiger partial charge in [0, 0.05) is 19.1 Å². The fraction of sp³-hybridized carbons (Fsp3) is 0.650. The van der Waals surface area contributed by atoms with Crippen LogP contribution in [-0.4, -0.2) is 38.3 Å². The number of rotatable bonds is 8. The van der Waals surface area contributed by atoms with Crippen LogP contribution in [-0.2, 0) is 11.3 Å². The molecule has 0 aliphatic carbocycles. The average molecular weight is 365 g/mol. The number of morpholine rings is 1. The first-order chi connectivity index (χ1) is 12.5. The van der Waals surface area contributed by atoms with Crippen molar-refractivity contribution in [3.63, 3.8) is 0 Å². The SMILES string of the molecule is CC(C)CCCC(C)NC(N)=NCc1ccc(N2CCOCC2)c(F)c1. The predicted octanol–water partition coefficient (Wildman–Crippen LogP) is 3.28. The van der Waals surface area contributed by atoms with Gasteiger partial charge in [-0.1, -0.05) is 32.8 Å². The molecule has 0 bridgehead atoms. The summed E-state index contributed by atoms with van der Waals surface area (Å²) in [5.41, 5.74) is 7.41. The lowest BCUT2D eigenvalue weighted by Gasteiger charge is -2.29. The molecular weight excluding hydrogens is 331 g/mol. The molecule has 1 saturated heterocycles. The second kappa shape index (κ2) is 10.4. The van der Waals surface area contributed by atoms with Gasteiger partial charge in [-0.25, -0.2) is 9.38 Å². The third-order valence-electron chi connectivity index (χ3n) is 4.61. The van der Waals surface area contributed by atoms with Gasteiger partial charge in [0.2, 0.25) is 0 Å². The Balaban J connectivity index is 1.83. The van der Waals surface area contributed by atoms with Gasteiger partial charge in [-0.15, -0.1) is 0 Å². The van der Waals surface area contributed by atoms with E-state index in [9.17, 15) is 4.39 Å². The van der Waals surface area contributed by atoms with Crippen LogP contribution in [0.2, 0.25) is 0 Å². The summed E-state index contributed by atoms with van der Waals surface area (Å²) in [5, 5.41) is 3.21. The quantitative estimate of drug-likeness (QED) is 0.549. The Kier molecular flexibility index (Phi) is 8.16. The number of aliphatic imine (C=N–C) groups is 1. The fourth-order valence-corrected chi connectivity index (χ4v) is 3.09. The van der Waals surface area contributed by atoms with Crippen molar-refractivity contribution in [3.8, 4) is 0 Å². The lowest BCUT2D eigenvalue weighted by atomic mass is 10.0. The zero-order valence-electron chi connectivity index (χ0n) is 16.3. The zero-order valence-corrected chi connectivity index (χ0v) is 16.3. The molecule has 26 heavy (non-hydrogen) atoms. The maximum atomic E-state index is 14.4. The molecule has 2 rings (SSSR count). The summed E-state index contributed by atoms with van der Waals surface area (Å²) in [6.45, 7) is 9.68. The molecule has 146 valence electrons. The van der Waals surface area contributed by atoms with Crippen molar-refractivity contribution in [3.05, 3.63) is 29.6 Å². The molecule has 0 amide bonds. The maximum Gasteiger partial charge on any atom is 0.189 e. The van der Waals surface area contributed by atoms with Crippen molar-refractivity contribution in [2.45, 2.75) is 52.6 Å². The average Bonchev–Trinajstić information content (AvgIpc) is 2.60. The van der Waals surface area contributed by atoms with Gasteiger partial charge in [0.25, 0.3) is 0 Å². The smallest absolute Gasteiger partial charge is 0.189 e. The molecule has 1 aliphatic rings. The Labute approximate surface area is 156 Å². The van der Waals surface area contributed by atoms with E-state index in [2.05, 4.69) is 31.1 Å². The van der Waals surface area contributed by atoms with Gasteiger partial charge in [0.15, 0.2) is 5.96 Å². The van der Waals surface area contributed by atoms with Crippen LogP contribution in [0.5, 0.6) is 0 Å². The molecule has 6 heteroatoms. The van der Waals surface area contributed by atoms with E-state index in [1.807, 2.05) is 17.0 Å². The van der Waals surface area contributed by atoms with Crippen LogP contribution in [0.15, 0.2) is 23.2 Å². The van der Waals surface area contributed by atoms with Crippen molar-refractivity contribution >= 4 is 11.6 Å². The Morgan fingerprint density at radius 2 is 2.00 bits per heavy atom. The van der Waals surface area contributed by atoms with Gasteiger partial charge in [0.05, 0.1) is 25.4 Å². The number of hydrogen-bond acceptors (Lipinski definition) is 3. The number of halogens is 1. The van der Waals surface area contributed by atoms with E-state index in [0.717, 1.165) is 31.0 Å². The van der Waals surface area contributed by atoms with E-state index in [0.29, 0.717) is 31.4 Å². The molecule has 0 spiro atoms. The molecule has 1 unspecified atom stereocenters. The number of ether oxygens (including phenoxy) is 1. The van der Waals surface area contributed by atoms with Gasteiger partial charge in [-0.3, -0.25) is 0 Å². The van der Waals surface area contributed by atoms with Crippen molar-refractivity contribution in [2.75, 3.05) is 31.2 Å². The van der Waals surface area contributed by atoms with Crippen molar-refractivity contribution in [1.29, 1.82) is 0 Å². The molecule has 1 aliphatic heterocycles. The van der Waals surface area contributed by atoms with Crippen LogP contribution in [0.3, 0.4) is 0 Å². The van der Waals surface area contributed by atoms with Crippen LogP contribution in [0.1, 0.15) is 45.6 Å². The lowest BCUT2D eigenvalue weighted by molar-refractivity contribution is 0.122. The third kappa shape index (κ3) is 6.83. The van der Waals surface area contributed by atoms with E-state index in [-0.39, 0.29) is 11.9 Å². The number of anilines is 1. The monoisotopic (exact) mass is 364 g/mol. The fourth-order valence-electron chi connectivity index (χ4n) is 3.09. The van der Waals surface area contributed by atoms with Crippen LogP contribution in [0.4, 0.5) is 10.1 Å². The van der Waals surface area contributed by atoms with E-state index in [4.69, 9.17) is 10.5 Å². The number of hydrogen-bond donors (Lipinski definition) is 2. The summed E-state index contributed by atoms with van der Waals surface area (Å²) in [4.78, 5) is 6.36. The number of benzene rings is 1. The van der Waals surface area contributed by atoms with Crippen LogP contribution in [0.25, 0.3) is 0 Å². The van der Waals surface area contributed by atoms with Crippen molar-refractivity contribution in [2.24, 2.45) is 16.6 Å². The van der Waals surface area contributed by atoms with Crippen LogP contribution in [0, 0.1) is 11.7 Å². The number of nitrogens with two attached hydrogens (primary N) is 1. The maximum absolute atomic E-state index is 14.4. The molecule has 1 aromatic carbocycles. The Morgan fingerprint density at radius 1 is 1.27 bits per heavy atom. The highest BCUT2D eigenvalue weighted by Gasteiger charge is 2.15. The minimum absolute atomic E-state index is 0.215. The zero-order chi connectivity index (χ0) is 18.9. The molecular formula is C20H33FN4O. The molecule has 5 nitrogen and oxygen atoms in total. The molecule has 0 saturated carbocycles. The Hall–Kier alpha value is -1.82. The summed E-state index contributed by atoms with van der Waals surface area (Å²) in [6.07, 6.45) is 3.46. The second-order valence-electron chi connectivity index (χ2n) is 7.46. The minimum atomic E-state index is -0.215. The molecule has 0 aromatic heterocycles. The summed E-state index contributed by atoms with van der Waals surface area (Å²) in [6, 6.07) is 5.58. The number of guanidine groups is 1. The summed E-state index contributed by atoms with van der Waals surface area (Å²) in [7, 11) is 0. The van der Waals surface area contributed by atoms with E-state index in [1.165, 1.54) is 12.8 Å². The van der Waals surface area contributed by atoms with E-state index >= 15 is 0 Å². The third-order valence-corrected chi connectivity index (χ3v) is 4.61. The lowest BCUT2D eigenvalue weighted by Crippen LogP contribution is -2.38. The number of nitrogens with zero attached hydrogens (tertiary/aromatic N) is 2. The Bertz CT molecular complexity index is 585. The van der Waals surface area contributed by atoms with Gasteiger partial charge < -0.3 is 20.7 Å². The highest BCUT2D eigenvalue weighted by atomic mass is 19.1. The van der Waals surface area contributed by atoms with Gasteiger partial charge >= 0.3 is 0 Å². The molecule has 1 fully saturated rings. The molecule has 3 N–H and O–H groups in total. The molecule has 1 heterocycles. The van der Waals surface area contributed by atoms with Gasteiger partial charge in [-0.2, -0.15) is 0 Å². The van der Waals surface area contributed by atoms with Gasteiger partial charge in [0.1, 0.15) is 5.82 Å². The molecule has 1 atom stereocenters. The summed E-state index contributed by atoms with van der Waals surface area (Å²) in [5.74, 6) is 0.927. The number of nitrogens with one attached hydrogen (secondary N) is 1. The first-order valence-corrected chi connectivity index (χ1v) is 9.63. The Morgan fingerprint density at radius 3 is 2.65 bits per heavy atom. The van der Waals surface area contributed by atoms with Gasteiger partial charge in [-0.05, 0) is 37.0 Å². The highest BCUT2D eigenvalue weighted by Crippen LogP contribution is 2.22. The standard InChI is InChI=1S/C20H33FN4O/c1-15(2)5-4-6-16(3)24-20(22)23-14-17-7-8-19(18(21)13-17)25-9-11-26-12-10-25/h7-8,13,15-16H,4-6,9-12,14H2,1-3H3,(H3,22,23,24). The minimum Gasteiger partial charge on any atom is -0.378 e. The first-order valence-electron chi connectivity index (χ1n) is 9.63. The normalized spacial score (nSPS) is 16.8. The van der Waals surface area contributed by atoms with Crippen LogP contribution < -0.4 is 16.0 Å². The second-order valence-corrected chi connectivity index (χ2v) is 7.46. The summed E-state index contributed by atoms with van der Waals surface area (Å²) < 4.78 is 19.7. The molecule has 1 aromatic rings.